The molecule has 190 valence electrons. The molecule has 0 bridgehead atoms. The van der Waals surface area contributed by atoms with Gasteiger partial charge in [-0.3, -0.25) is 19.6 Å². The van der Waals surface area contributed by atoms with Gasteiger partial charge >= 0.3 is 0 Å². The Kier molecular flexibility index (Phi) is 9.67. The quantitative estimate of drug-likeness (QED) is 0.399. The van der Waals surface area contributed by atoms with E-state index >= 15 is 0 Å². The molecule has 4 rings (SSSR count). The summed E-state index contributed by atoms with van der Waals surface area (Å²) >= 11 is 0. The number of aromatic nitrogens is 1. The van der Waals surface area contributed by atoms with Crippen molar-refractivity contribution in [1.29, 1.82) is 0 Å². The third-order valence-electron chi connectivity index (χ3n) is 5.98. The predicted molar refractivity (Wildman–Crippen MR) is 141 cm³/mol. The summed E-state index contributed by atoms with van der Waals surface area (Å²) in [5.74, 6) is 1.02. The highest BCUT2D eigenvalue weighted by atomic mass is 35.5. The largest absolute Gasteiger partial charge is 0.493 e. The Bertz CT molecular complexity index is 1150. The molecule has 9 heteroatoms. The maximum absolute atomic E-state index is 12.8. The Morgan fingerprint density at radius 2 is 1.67 bits per heavy atom. The van der Waals surface area contributed by atoms with Crippen molar-refractivity contribution in [2.24, 2.45) is 0 Å². The standard InChI is InChI=1S/C27H30N4O4.ClH/c1-31(29-18-19-7-12-24(34-2)25(17-19)35-23-5-3-4-6-23)27(33)21-8-10-22(11-9-21)30-26(32)20-13-15-28-16-14-20;/h7-17,23,29H,3-6,18H2,1-2H3,(H,30,32);1H. The number of halogens is 1. The van der Waals surface area contributed by atoms with Gasteiger partial charge < -0.3 is 14.8 Å². The summed E-state index contributed by atoms with van der Waals surface area (Å²) in [7, 11) is 3.32. The molecule has 1 fully saturated rings. The van der Waals surface area contributed by atoms with Crippen LogP contribution in [0.4, 0.5) is 5.69 Å². The van der Waals surface area contributed by atoms with Crippen molar-refractivity contribution < 1.29 is 19.1 Å². The molecule has 8 nitrogen and oxygen atoms in total. The number of anilines is 1. The molecule has 2 N–H and O–H groups in total. The minimum Gasteiger partial charge on any atom is -0.493 e. The number of carbonyl (C=O) groups is 2. The van der Waals surface area contributed by atoms with Gasteiger partial charge in [-0.15, -0.1) is 12.4 Å². The summed E-state index contributed by atoms with van der Waals surface area (Å²) in [5, 5.41) is 4.26. The number of benzene rings is 2. The van der Waals surface area contributed by atoms with Gasteiger partial charge in [-0.05, 0) is 79.8 Å². The molecular formula is C27H31ClN4O4. The lowest BCUT2D eigenvalue weighted by Gasteiger charge is -2.20. The average Bonchev–Trinajstić information content (AvgIpc) is 3.41. The number of hydrogen-bond donors (Lipinski definition) is 2. The number of methoxy groups -OCH3 is 1. The molecule has 3 aromatic rings. The molecule has 0 saturated heterocycles. The zero-order valence-corrected chi connectivity index (χ0v) is 21.2. The lowest BCUT2D eigenvalue weighted by atomic mass is 10.1. The molecule has 1 aromatic heterocycles. The normalized spacial score (nSPS) is 12.9. The molecular weight excluding hydrogens is 480 g/mol. The van der Waals surface area contributed by atoms with Crippen LogP contribution in [-0.2, 0) is 6.54 Å². The summed E-state index contributed by atoms with van der Waals surface area (Å²) < 4.78 is 11.6. The van der Waals surface area contributed by atoms with Gasteiger partial charge in [-0.25, -0.2) is 5.43 Å². The van der Waals surface area contributed by atoms with E-state index in [0.29, 0.717) is 29.1 Å². The molecule has 2 aromatic carbocycles. The van der Waals surface area contributed by atoms with Crippen molar-refractivity contribution >= 4 is 29.9 Å². The zero-order valence-electron chi connectivity index (χ0n) is 20.4. The van der Waals surface area contributed by atoms with Crippen molar-refractivity contribution in [2.75, 3.05) is 19.5 Å². The summed E-state index contributed by atoms with van der Waals surface area (Å²) in [6.45, 7) is 0.452. The molecule has 1 aliphatic carbocycles. The number of carbonyl (C=O) groups excluding carboxylic acids is 2. The van der Waals surface area contributed by atoms with Gasteiger partial charge in [-0.2, -0.15) is 0 Å². The van der Waals surface area contributed by atoms with E-state index in [2.05, 4.69) is 15.7 Å². The Morgan fingerprint density at radius 1 is 0.972 bits per heavy atom. The van der Waals surface area contributed by atoms with Gasteiger partial charge in [0, 0.05) is 42.8 Å². The van der Waals surface area contributed by atoms with Crippen LogP contribution in [0.1, 0.15) is 52.0 Å². The minimum atomic E-state index is -0.235. The van der Waals surface area contributed by atoms with E-state index in [1.54, 1.807) is 62.9 Å². The smallest absolute Gasteiger partial charge is 0.267 e. The van der Waals surface area contributed by atoms with Crippen LogP contribution in [0.5, 0.6) is 11.5 Å². The van der Waals surface area contributed by atoms with E-state index in [1.807, 2.05) is 18.2 Å². The van der Waals surface area contributed by atoms with Crippen molar-refractivity contribution in [2.45, 2.75) is 38.3 Å². The van der Waals surface area contributed by atoms with E-state index in [-0.39, 0.29) is 30.3 Å². The van der Waals surface area contributed by atoms with Gasteiger partial charge in [0.05, 0.1) is 13.2 Å². The highest BCUT2D eigenvalue weighted by Gasteiger charge is 2.19. The maximum Gasteiger partial charge on any atom is 0.267 e. The van der Waals surface area contributed by atoms with Crippen LogP contribution in [0.15, 0.2) is 67.0 Å². The lowest BCUT2D eigenvalue weighted by Crippen LogP contribution is -2.39. The number of amides is 2. The van der Waals surface area contributed by atoms with Crippen LogP contribution in [0, 0.1) is 0 Å². The van der Waals surface area contributed by atoms with Crippen molar-refractivity contribution in [3.63, 3.8) is 0 Å². The number of nitrogens with zero attached hydrogens (tertiary/aromatic N) is 2. The number of hydrogen-bond acceptors (Lipinski definition) is 6. The Hall–Kier alpha value is -3.62. The van der Waals surface area contributed by atoms with E-state index in [9.17, 15) is 9.59 Å². The van der Waals surface area contributed by atoms with Crippen molar-refractivity contribution in [1.82, 2.24) is 15.4 Å². The molecule has 1 heterocycles. The third-order valence-corrected chi connectivity index (χ3v) is 5.98. The maximum atomic E-state index is 12.8. The van der Waals surface area contributed by atoms with Crippen molar-refractivity contribution in [3.8, 4) is 11.5 Å². The fraction of sp³-hybridized carbons (Fsp3) is 0.296. The Balaban J connectivity index is 0.00000361. The number of ether oxygens (including phenoxy) is 2. The molecule has 1 saturated carbocycles. The molecule has 0 unspecified atom stereocenters. The molecule has 0 radical (unpaired) electrons. The van der Waals surface area contributed by atoms with Crippen LogP contribution < -0.4 is 20.2 Å². The topological polar surface area (TPSA) is 92.8 Å². The second-order valence-electron chi connectivity index (χ2n) is 8.48. The highest BCUT2D eigenvalue weighted by molar-refractivity contribution is 6.04. The SMILES string of the molecule is COc1ccc(CNN(C)C(=O)c2ccc(NC(=O)c3ccncc3)cc2)cc1OC1CCCC1.Cl. The Labute approximate surface area is 217 Å². The molecule has 2 amide bonds. The van der Waals surface area contributed by atoms with Crippen LogP contribution >= 0.6 is 12.4 Å². The number of rotatable bonds is 9. The second kappa shape index (κ2) is 12.9. The summed E-state index contributed by atoms with van der Waals surface area (Å²) in [6.07, 6.45) is 7.88. The van der Waals surface area contributed by atoms with E-state index in [0.717, 1.165) is 24.2 Å². The van der Waals surface area contributed by atoms with Gasteiger partial charge in [0.2, 0.25) is 0 Å². The van der Waals surface area contributed by atoms with E-state index in [1.165, 1.54) is 17.9 Å². The molecule has 0 atom stereocenters. The van der Waals surface area contributed by atoms with Gasteiger partial charge in [0.15, 0.2) is 11.5 Å². The molecule has 0 spiro atoms. The number of nitrogens with one attached hydrogen (secondary N) is 2. The first-order valence-corrected chi connectivity index (χ1v) is 11.7. The van der Waals surface area contributed by atoms with Crippen LogP contribution in [0.2, 0.25) is 0 Å². The summed E-state index contributed by atoms with van der Waals surface area (Å²) in [4.78, 5) is 29.0. The predicted octanol–water partition coefficient (Wildman–Crippen LogP) is 4.86. The van der Waals surface area contributed by atoms with Gasteiger partial charge in [0.25, 0.3) is 11.8 Å². The summed E-state index contributed by atoms with van der Waals surface area (Å²) in [5.41, 5.74) is 5.73. The minimum absolute atomic E-state index is 0. The van der Waals surface area contributed by atoms with E-state index < -0.39 is 0 Å². The Morgan fingerprint density at radius 3 is 2.33 bits per heavy atom. The summed E-state index contributed by atoms with van der Waals surface area (Å²) in [6, 6.07) is 15.9. The first-order valence-electron chi connectivity index (χ1n) is 11.7. The first kappa shape index (κ1) is 27.0. The number of pyridine rings is 1. The number of hydrazine groups is 1. The second-order valence-corrected chi connectivity index (χ2v) is 8.48. The average molecular weight is 511 g/mol. The van der Waals surface area contributed by atoms with Crippen LogP contribution in [0.25, 0.3) is 0 Å². The van der Waals surface area contributed by atoms with Gasteiger partial charge in [0.1, 0.15) is 0 Å². The molecule has 36 heavy (non-hydrogen) atoms. The van der Waals surface area contributed by atoms with Crippen LogP contribution in [0.3, 0.4) is 0 Å². The monoisotopic (exact) mass is 510 g/mol. The fourth-order valence-electron chi connectivity index (χ4n) is 3.99. The molecule has 0 aliphatic heterocycles. The van der Waals surface area contributed by atoms with E-state index in [4.69, 9.17) is 9.47 Å². The highest BCUT2D eigenvalue weighted by Crippen LogP contribution is 2.32. The van der Waals surface area contributed by atoms with Crippen LogP contribution in [-0.4, -0.2) is 42.1 Å². The zero-order chi connectivity index (χ0) is 24.6. The first-order chi connectivity index (χ1) is 17.0. The van der Waals surface area contributed by atoms with Crippen molar-refractivity contribution in [3.05, 3.63) is 83.7 Å². The lowest BCUT2D eigenvalue weighted by molar-refractivity contribution is 0.0712. The fourth-order valence-corrected chi connectivity index (χ4v) is 3.99. The molecule has 1 aliphatic rings. The van der Waals surface area contributed by atoms with Gasteiger partial charge in [-0.1, -0.05) is 6.07 Å². The third kappa shape index (κ3) is 6.96.